The van der Waals surface area contributed by atoms with E-state index in [9.17, 15) is 35.4 Å². The van der Waals surface area contributed by atoms with Crippen LogP contribution in [0.25, 0.3) is 0 Å². The van der Waals surface area contributed by atoms with Gasteiger partial charge in [-0.2, -0.15) is 0 Å². The predicted octanol–water partition coefficient (Wildman–Crippen LogP) is 13.5. The summed E-state index contributed by atoms with van der Waals surface area (Å²) in [4.78, 5) is 22.2. The molecular formula is C91H113Cl2N5O11. The summed E-state index contributed by atoms with van der Waals surface area (Å²) in [6.45, 7) is 7.43. The summed E-state index contributed by atoms with van der Waals surface area (Å²) in [7, 11) is 0. The first kappa shape index (κ1) is 84.8. The van der Waals surface area contributed by atoms with Crippen LogP contribution in [-0.4, -0.2) is 181 Å². The van der Waals surface area contributed by atoms with Crippen LogP contribution in [0.3, 0.4) is 0 Å². The van der Waals surface area contributed by atoms with Crippen LogP contribution in [-0.2, 0) is 30.5 Å². The lowest BCUT2D eigenvalue weighted by atomic mass is 9.82. The Hall–Kier alpha value is -8.17. The minimum absolute atomic E-state index is 0.00135. The van der Waals surface area contributed by atoms with Crippen LogP contribution in [0.4, 0.5) is 28.4 Å². The van der Waals surface area contributed by atoms with Crippen LogP contribution in [0.2, 0.25) is 10.0 Å². The van der Waals surface area contributed by atoms with Gasteiger partial charge in [0.05, 0.1) is 71.5 Å². The Bertz CT molecular complexity index is 3830. The highest BCUT2D eigenvalue weighted by Crippen LogP contribution is 2.39. The van der Waals surface area contributed by atoms with Crippen molar-refractivity contribution in [2.45, 2.75) is 120 Å². The molecule has 0 bridgehead atoms. The summed E-state index contributed by atoms with van der Waals surface area (Å²) in [5.41, 5.74) is 19.5. The fourth-order valence-corrected chi connectivity index (χ4v) is 15.4. The third kappa shape index (κ3) is 26.0. The minimum atomic E-state index is -0.141. The quantitative estimate of drug-likeness (QED) is 0.0172. The molecule has 5 atom stereocenters. The number of carbonyl (C=O) groups excluding carboxylic acids is 1. The Kier molecular flexibility index (Phi) is 35.2. The first-order valence-electron chi connectivity index (χ1n) is 38.9. The molecule has 16 nitrogen and oxygen atoms in total. The van der Waals surface area contributed by atoms with Gasteiger partial charge >= 0.3 is 0 Å². The SMILES string of the molecule is CCCN(CCO)c1ccc(Cc2ccc(N(CCO)CCO)cc2)cc1.O=C1Cc2cc(C(c3ccc(Cl)cc3)c3ccc(N(CCO)CCO)cc3)ccc2N1CCO.OC1CCCC(c2ccc(Cc3ccc(Cl)cc3)cc2)C1.OCCN(CCO)c1ccc(Cc2ccc(C3CCCC(O)C3)cc2)cc1. The van der Waals surface area contributed by atoms with Crippen LogP contribution in [0.5, 0.6) is 0 Å². The highest BCUT2D eigenvalue weighted by molar-refractivity contribution is 6.30. The van der Waals surface area contributed by atoms with Gasteiger partial charge in [0, 0.05) is 103 Å². The number of benzene rings is 9. The first-order valence-corrected chi connectivity index (χ1v) is 39.6. The van der Waals surface area contributed by atoms with Gasteiger partial charge in [0.2, 0.25) is 5.91 Å². The maximum atomic E-state index is 12.4. The van der Waals surface area contributed by atoms with Crippen LogP contribution >= 0.6 is 23.2 Å². The van der Waals surface area contributed by atoms with Gasteiger partial charge in [-0.25, -0.2) is 0 Å². The van der Waals surface area contributed by atoms with Crippen molar-refractivity contribution in [3.8, 4) is 0 Å². The van der Waals surface area contributed by atoms with Gasteiger partial charge in [0.1, 0.15) is 0 Å². The Morgan fingerprint density at radius 1 is 0.376 bits per heavy atom. The molecule has 0 saturated heterocycles. The fraction of sp³-hybridized carbons (Fsp3) is 0.396. The Labute approximate surface area is 655 Å². The number of aliphatic hydroxyl groups is 10. The summed E-state index contributed by atoms with van der Waals surface area (Å²) >= 11 is 12.1. The van der Waals surface area contributed by atoms with Crippen LogP contribution in [0.15, 0.2) is 212 Å². The van der Waals surface area contributed by atoms with Gasteiger partial charge in [-0.3, -0.25) is 4.79 Å². The summed E-state index contributed by atoms with van der Waals surface area (Å²) in [6.07, 6.45) is 12.1. The molecule has 0 aromatic heterocycles. The molecule has 3 aliphatic rings. The second-order valence-corrected chi connectivity index (χ2v) is 29.5. The largest absolute Gasteiger partial charge is 0.395 e. The molecule has 0 radical (unpaired) electrons. The Morgan fingerprint density at radius 3 is 1.01 bits per heavy atom. The van der Waals surface area contributed by atoms with Crippen molar-refractivity contribution >= 4 is 57.5 Å². The second-order valence-electron chi connectivity index (χ2n) is 28.6. The molecule has 1 amide bonds. The average molecular weight is 1520 g/mol. The molecule has 18 heteroatoms. The molecule has 10 N–H and O–H groups in total. The topological polar surface area (TPSA) is 236 Å². The number of aliphatic hydroxyl groups excluding tert-OH is 10. The molecular weight excluding hydrogens is 1410 g/mol. The number of β-amino-alcohol motifs (C(OH)–C–C–N with tert-alkyl or cyclic N) is 1. The number of nitrogens with zero attached hydrogens (tertiary/aromatic N) is 5. The minimum Gasteiger partial charge on any atom is -0.395 e. The molecule has 2 aliphatic carbocycles. The predicted molar refractivity (Wildman–Crippen MR) is 444 cm³/mol. The van der Waals surface area contributed by atoms with E-state index in [0.29, 0.717) is 75.6 Å². The van der Waals surface area contributed by atoms with E-state index >= 15 is 0 Å². The molecule has 9 aromatic rings. The molecule has 12 rings (SSSR count). The van der Waals surface area contributed by atoms with Crippen molar-refractivity contribution in [2.24, 2.45) is 0 Å². The number of fused-ring (bicyclic) bond motifs is 1. The summed E-state index contributed by atoms with van der Waals surface area (Å²) in [6, 6.07) is 72.9. The van der Waals surface area contributed by atoms with E-state index in [1.165, 1.54) is 57.3 Å². The van der Waals surface area contributed by atoms with Crippen molar-refractivity contribution in [2.75, 3.05) is 136 Å². The van der Waals surface area contributed by atoms with Gasteiger partial charge in [0.25, 0.3) is 0 Å². The fourth-order valence-electron chi connectivity index (χ4n) is 15.2. The number of anilines is 5. The summed E-state index contributed by atoms with van der Waals surface area (Å²) in [5.74, 6) is 0.952. The lowest BCUT2D eigenvalue weighted by Crippen LogP contribution is -2.29. The normalized spacial score (nSPS) is 16.2. The number of hydrogen-bond acceptors (Lipinski definition) is 15. The lowest BCUT2D eigenvalue weighted by molar-refractivity contribution is -0.117. The maximum absolute atomic E-state index is 12.4. The van der Waals surface area contributed by atoms with Crippen molar-refractivity contribution < 1.29 is 55.9 Å². The first-order chi connectivity index (χ1) is 53.2. The average Bonchev–Trinajstić information content (AvgIpc) is 1.64. The van der Waals surface area contributed by atoms with E-state index in [4.69, 9.17) is 43.6 Å². The highest BCUT2D eigenvalue weighted by Gasteiger charge is 2.29. The van der Waals surface area contributed by atoms with Crippen molar-refractivity contribution in [1.29, 1.82) is 0 Å². The zero-order valence-electron chi connectivity index (χ0n) is 63.2. The van der Waals surface area contributed by atoms with E-state index < -0.39 is 0 Å². The van der Waals surface area contributed by atoms with Crippen LogP contribution < -0.4 is 24.5 Å². The van der Waals surface area contributed by atoms with E-state index in [1.54, 1.807) is 4.90 Å². The van der Waals surface area contributed by atoms with E-state index in [-0.39, 0.29) is 76.9 Å². The van der Waals surface area contributed by atoms with E-state index in [1.807, 2.05) is 87.5 Å². The second kappa shape index (κ2) is 45.2. The number of rotatable bonds is 33. The molecule has 5 unspecified atom stereocenters. The standard InChI is InChI=1S/C27H29ClN2O4.C23H31NO3.C22H32N2O3.C19H21ClO/c28-23-6-1-19(2-7-23)27(20-3-8-24(9-4-20)29(11-14-31)12-15-32)21-5-10-25-22(17-21)18-26(34)30(25)13-16-33;25-14-12-24(13-15-26)22-10-6-19(7-11-22)16-18-4-8-20(9-5-18)21-2-1-3-23(27)17-21;1-2-11-23(12-15-25)21-7-3-19(4-8-21)18-20-5-9-22(10-6-20)24(13-16-26)14-17-27;20-18-10-6-15(7-11-18)12-14-4-8-16(9-5-14)17-2-1-3-19(21)13-17/h1-10,17,27,31-33H,11-16,18H2;4-11,21,23,25-27H,1-3,12-17H2;3-10,25-27H,2,11-18H2,1H3;4-11,17,19,21H,1-3,12-13H2. The van der Waals surface area contributed by atoms with Gasteiger partial charge in [-0.05, 0) is 222 Å². The summed E-state index contributed by atoms with van der Waals surface area (Å²) in [5, 5.41) is 95.1. The number of halogens is 2. The molecule has 0 spiro atoms. The number of amides is 1. The van der Waals surface area contributed by atoms with Crippen molar-refractivity contribution in [3.05, 3.63) is 289 Å². The van der Waals surface area contributed by atoms with Gasteiger partial charge in [-0.1, -0.05) is 176 Å². The Morgan fingerprint density at radius 2 is 0.679 bits per heavy atom. The summed E-state index contributed by atoms with van der Waals surface area (Å²) < 4.78 is 0. The van der Waals surface area contributed by atoms with Gasteiger partial charge < -0.3 is 75.6 Å². The molecule has 1 aliphatic heterocycles. The molecule has 1 heterocycles. The third-order valence-corrected chi connectivity index (χ3v) is 21.3. The zero-order valence-corrected chi connectivity index (χ0v) is 64.7. The van der Waals surface area contributed by atoms with E-state index in [2.05, 4.69) is 151 Å². The van der Waals surface area contributed by atoms with Crippen molar-refractivity contribution in [1.82, 2.24) is 0 Å². The number of hydrogen-bond donors (Lipinski definition) is 10. The molecule has 2 saturated carbocycles. The molecule has 2 fully saturated rings. The van der Waals surface area contributed by atoms with Gasteiger partial charge in [-0.15, -0.1) is 0 Å². The Balaban J connectivity index is 0.000000170. The molecule has 109 heavy (non-hydrogen) atoms. The van der Waals surface area contributed by atoms with E-state index in [0.717, 1.165) is 126 Å². The number of carbonyl (C=O) groups is 1. The van der Waals surface area contributed by atoms with Gasteiger partial charge in [0.15, 0.2) is 0 Å². The maximum Gasteiger partial charge on any atom is 0.231 e. The molecule has 582 valence electrons. The monoisotopic (exact) mass is 1520 g/mol. The van der Waals surface area contributed by atoms with Crippen LogP contribution in [0, 0.1) is 0 Å². The molecule has 9 aromatic carbocycles. The highest BCUT2D eigenvalue weighted by atomic mass is 35.5. The zero-order chi connectivity index (χ0) is 77.3. The lowest BCUT2D eigenvalue weighted by Gasteiger charge is -2.26. The van der Waals surface area contributed by atoms with Crippen molar-refractivity contribution in [3.63, 3.8) is 0 Å². The smallest absolute Gasteiger partial charge is 0.231 e. The third-order valence-electron chi connectivity index (χ3n) is 20.8. The van der Waals surface area contributed by atoms with Crippen LogP contribution in [0.1, 0.15) is 149 Å².